The zero-order valence-corrected chi connectivity index (χ0v) is 18.7. The van der Waals surface area contributed by atoms with Crippen molar-refractivity contribution >= 4 is 0 Å². The van der Waals surface area contributed by atoms with Crippen molar-refractivity contribution in [2.24, 2.45) is 0 Å². The molecule has 5 heterocycles. The van der Waals surface area contributed by atoms with Gasteiger partial charge < -0.3 is 30.1 Å². The lowest BCUT2D eigenvalue weighted by Gasteiger charge is -2.21. The normalized spacial score (nSPS) is 21.1. The molecule has 0 aliphatic carbocycles. The summed E-state index contributed by atoms with van der Waals surface area (Å²) in [5.74, 6) is 4.78. The molecule has 2 saturated heterocycles. The predicted octanol–water partition coefficient (Wildman–Crippen LogP) is 5.21. The second-order valence-electron chi connectivity index (χ2n) is 9.19. The van der Waals surface area contributed by atoms with Gasteiger partial charge in [-0.2, -0.15) is 0 Å². The van der Waals surface area contributed by atoms with Crippen LogP contribution in [0.25, 0.3) is 22.5 Å². The molecule has 7 rings (SSSR count). The lowest BCUT2D eigenvalue weighted by Crippen LogP contribution is -2.14. The fraction of sp³-hybridized carbons (Fsp3) is 0.308. The standard InChI is InChI=1S/C26H26N6O2/c1-3-17(27-9-1)25-29-13-19(31-25)15-5-7-21-23(11-15)33-22-8-6-16(12-24(22)34-21)20-14-30-26(32-20)18-4-2-10-28-18/h5-8,11-14,17-18,27-28H,1-4,9-10H2,(H,29,31)(H,30,32). The molecule has 3 aliphatic heterocycles. The van der Waals surface area contributed by atoms with Crippen LogP contribution in [0.1, 0.15) is 49.4 Å². The third-order valence-electron chi connectivity index (χ3n) is 6.92. The van der Waals surface area contributed by atoms with E-state index in [1.54, 1.807) is 0 Å². The first-order chi connectivity index (χ1) is 16.8. The molecule has 2 unspecified atom stereocenters. The van der Waals surface area contributed by atoms with Crippen LogP contribution in [0.5, 0.6) is 23.0 Å². The number of hydrogen-bond donors (Lipinski definition) is 4. The average molecular weight is 455 g/mol. The van der Waals surface area contributed by atoms with Gasteiger partial charge in [0.2, 0.25) is 0 Å². The summed E-state index contributed by atoms with van der Waals surface area (Å²) in [5, 5.41) is 6.97. The van der Waals surface area contributed by atoms with Gasteiger partial charge in [-0.25, -0.2) is 9.97 Å². The molecule has 2 aromatic carbocycles. The van der Waals surface area contributed by atoms with Gasteiger partial charge in [-0.15, -0.1) is 0 Å². The van der Waals surface area contributed by atoms with E-state index in [1.807, 2.05) is 48.8 Å². The van der Waals surface area contributed by atoms with Gasteiger partial charge in [0.05, 0.1) is 35.9 Å². The van der Waals surface area contributed by atoms with E-state index in [1.165, 1.54) is 12.8 Å². The first-order valence-electron chi connectivity index (χ1n) is 12.0. The van der Waals surface area contributed by atoms with Crippen LogP contribution >= 0.6 is 0 Å². The summed E-state index contributed by atoms with van der Waals surface area (Å²) in [5.41, 5.74) is 3.99. The number of nitrogens with one attached hydrogen (secondary N) is 4. The Labute approximate surface area is 197 Å². The summed E-state index contributed by atoms with van der Waals surface area (Å²) in [4.78, 5) is 16.1. The molecule has 2 fully saturated rings. The summed E-state index contributed by atoms with van der Waals surface area (Å²) in [6.07, 6.45) is 8.38. The number of H-pyrrole nitrogens is 2. The summed E-state index contributed by atoms with van der Waals surface area (Å²) in [7, 11) is 0. The fourth-order valence-corrected chi connectivity index (χ4v) is 5.07. The molecule has 0 saturated carbocycles. The van der Waals surface area contributed by atoms with E-state index in [0.29, 0.717) is 35.1 Å². The Bertz CT molecular complexity index is 1240. The molecule has 2 atom stereocenters. The summed E-state index contributed by atoms with van der Waals surface area (Å²) in [6.45, 7) is 2.09. The second-order valence-corrected chi connectivity index (χ2v) is 9.19. The molecule has 0 spiro atoms. The van der Waals surface area contributed by atoms with E-state index >= 15 is 0 Å². The predicted molar refractivity (Wildman–Crippen MR) is 128 cm³/mol. The zero-order valence-electron chi connectivity index (χ0n) is 18.7. The Morgan fingerprint density at radius 3 is 1.59 bits per heavy atom. The Kier molecular flexibility index (Phi) is 4.66. The van der Waals surface area contributed by atoms with Gasteiger partial charge in [0.1, 0.15) is 11.6 Å². The van der Waals surface area contributed by atoms with E-state index in [2.05, 4.69) is 30.6 Å². The third kappa shape index (κ3) is 3.46. The summed E-state index contributed by atoms with van der Waals surface area (Å²) in [6, 6.07) is 12.6. The minimum Gasteiger partial charge on any atom is -0.449 e. The highest BCUT2D eigenvalue weighted by Gasteiger charge is 2.23. The van der Waals surface area contributed by atoms with Crippen LogP contribution in [0.2, 0.25) is 0 Å². The van der Waals surface area contributed by atoms with Gasteiger partial charge in [-0.1, -0.05) is 0 Å². The smallest absolute Gasteiger partial charge is 0.170 e. The van der Waals surface area contributed by atoms with Crippen molar-refractivity contribution in [2.75, 3.05) is 13.1 Å². The largest absolute Gasteiger partial charge is 0.449 e. The van der Waals surface area contributed by atoms with Crippen molar-refractivity contribution in [3.8, 4) is 45.5 Å². The lowest BCUT2D eigenvalue weighted by molar-refractivity contribution is 0.360. The fourth-order valence-electron chi connectivity index (χ4n) is 5.07. The highest BCUT2D eigenvalue weighted by atomic mass is 16.6. The molecular formula is C26H26N6O2. The highest BCUT2D eigenvalue weighted by molar-refractivity contribution is 5.69. The number of nitrogens with zero attached hydrogens (tertiary/aromatic N) is 2. The van der Waals surface area contributed by atoms with Gasteiger partial charge in [-0.05, 0) is 75.2 Å². The number of aromatic amines is 2. The SMILES string of the molecule is c1cc2c(cc1-c1cnc(C3CCCN3)[nH]1)Oc1ccc(-c3cnc(C4CCCN4)[nH]3)cc1O2. The molecule has 0 bridgehead atoms. The monoisotopic (exact) mass is 454 g/mol. The van der Waals surface area contributed by atoms with Crippen molar-refractivity contribution in [1.82, 2.24) is 30.6 Å². The molecule has 0 radical (unpaired) electrons. The maximum atomic E-state index is 6.22. The van der Waals surface area contributed by atoms with Crippen molar-refractivity contribution in [1.29, 1.82) is 0 Å². The maximum Gasteiger partial charge on any atom is 0.170 e. The number of ether oxygens (including phenoxy) is 2. The van der Waals surface area contributed by atoms with E-state index in [-0.39, 0.29) is 0 Å². The zero-order chi connectivity index (χ0) is 22.5. The van der Waals surface area contributed by atoms with Gasteiger partial charge >= 0.3 is 0 Å². The molecule has 8 nitrogen and oxygen atoms in total. The van der Waals surface area contributed by atoms with Gasteiger partial charge in [0, 0.05) is 11.1 Å². The first kappa shape index (κ1) is 19.8. The Morgan fingerprint density at radius 1 is 0.647 bits per heavy atom. The number of hydrogen-bond acceptors (Lipinski definition) is 6. The number of rotatable bonds is 4. The van der Waals surface area contributed by atoms with Gasteiger partial charge in [-0.3, -0.25) is 0 Å². The van der Waals surface area contributed by atoms with Crippen molar-refractivity contribution in [3.63, 3.8) is 0 Å². The number of aromatic nitrogens is 4. The number of benzene rings is 2. The van der Waals surface area contributed by atoms with Gasteiger partial charge in [0.25, 0.3) is 0 Å². The van der Waals surface area contributed by atoms with E-state index < -0.39 is 0 Å². The third-order valence-corrected chi connectivity index (χ3v) is 6.92. The Morgan fingerprint density at radius 2 is 1.15 bits per heavy atom. The first-order valence-corrected chi connectivity index (χ1v) is 12.0. The van der Waals surface area contributed by atoms with Crippen molar-refractivity contribution in [3.05, 3.63) is 60.4 Å². The summed E-state index contributed by atoms with van der Waals surface area (Å²) < 4.78 is 12.4. The Balaban J connectivity index is 1.13. The highest BCUT2D eigenvalue weighted by Crippen LogP contribution is 2.47. The van der Waals surface area contributed by atoms with Crippen LogP contribution in [-0.2, 0) is 0 Å². The molecular weight excluding hydrogens is 428 g/mol. The van der Waals surface area contributed by atoms with E-state index in [9.17, 15) is 0 Å². The Hall–Kier alpha value is -3.62. The van der Waals surface area contributed by atoms with Crippen LogP contribution in [0.4, 0.5) is 0 Å². The van der Waals surface area contributed by atoms with Crippen molar-refractivity contribution < 1.29 is 9.47 Å². The molecule has 4 N–H and O–H groups in total. The van der Waals surface area contributed by atoms with Crippen LogP contribution in [-0.4, -0.2) is 33.0 Å². The van der Waals surface area contributed by atoms with E-state index in [0.717, 1.165) is 60.1 Å². The van der Waals surface area contributed by atoms with Crippen LogP contribution < -0.4 is 20.1 Å². The second kappa shape index (κ2) is 8.00. The van der Waals surface area contributed by atoms with Crippen molar-refractivity contribution in [2.45, 2.75) is 37.8 Å². The minimum absolute atomic E-state index is 0.312. The summed E-state index contributed by atoms with van der Waals surface area (Å²) >= 11 is 0. The quantitative estimate of drug-likeness (QED) is 0.297. The topological polar surface area (TPSA) is 99.9 Å². The van der Waals surface area contributed by atoms with E-state index in [4.69, 9.17) is 9.47 Å². The van der Waals surface area contributed by atoms with Crippen LogP contribution in [0, 0.1) is 0 Å². The molecule has 3 aliphatic rings. The molecule has 172 valence electrons. The minimum atomic E-state index is 0.312. The maximum absolute atomic E-state index is 6.22. The number of imidazole rings is 2. The van der Waals surface area contributed by atoms with Crippen LogP contribution in [0.3, 0.4) is 0 Å². The molecule has 4 aromatic rings. The average Bonchev–Trinajstić information content (AvgIpc) is 3.68. The molecule has 0 amide bonds. The van der Waals surface area contributed by atoms with Gasteiger partial charge in [0.15, 0.2) is 23.0 Å². The number of fused-ring (bicyclic) bond motifs is 2. The molecule has 8 heteroatoms. The lowest BCUT2D eigenvalue weighted by atomic mass is 10.1. The molecule has 34 heavy (non-hydrogen) atoms. The molecule has 2 aromatic heterocycles. The van der Waals surface area contributed by atoms with Crippen LogP contribution in [0.15, 0.2) is 48.8 Å².